The van der Waals surface area contributed by atoms with Gasteiger partial charge in [0.2, 0.25) is 0 Å². The van der Waals surface area contributed by atoms with Gasteiger partial charge in [0.1, 0.15) is 5.82 Å². The minimum atomic E-state index is -5.54. The molecule has 0 radical (unpaired) electrons. The zero-order valence-electron chi connectivity index (χ0n) is 15.7. The topological polar surface area (TPSA) is 67.4 Å². The molecule has 1 unspecified atom stereocenters. The predicted octanol–water partition coefficient (Wildman–Crippen LogP) is 4.51. The lowest BCUT2D eigenvalue weighted by molar-refractivity contribution is -0.204. The molecule has 0 spiro atoms. The van der Waals surface area contributed by atoms with Crippen LogP contribution in [-0.4, -0.2) is 30.3 Å². The van der Waals surface area contributed by atoms with Crippen molar-refractivity contribution in [2.75, 3.05) is 11.9 Å². The van der Waals surface area contributed by atoms with Crippen LogP contribution in [0.2, 0.25) is 0 Å². The highest BCUT2D eigenvalue weighted by Crippen LogP contribution is 2.35. The van der Waals surface area contributed by atoms with Crippen LogP contribution in [-0.2, 0) is 15.7 Å². The number of halogens is 7. The van der Waals surface area contributed by atoms with Crippen molar-refractivity contribution in [1.29, 1.82) is 0 Å². The molecule has 0 saturated carbocycles. The number of hydrogen-bond donors (Lipinski definition) is 2. The van der Waals surface area contributed by atoms with Gasteiger partial charge in [-0.3, -0.25) is 4.79 Å². The van der Waals surface area contributed by atoms with Crippen molar-refractivity contribution in [1.82, 2.24) is 5.32 Å². The molecule has 0 saturated heterocycles. The van der Waals surface area contributed by atoms with Crippen LogP contribution in [0.3, 0.4) is 0 Å². The summed E-state index contributed by atoms with van der Waals surface area (Å²) in [7, 11) is 0. The number of hydrogen-bond acceptors (Lipinski definition) is 4. The molecule has 0 heterocycles. The van der Waals surface area contributed by atoms with Crippen molar-refractivity contribution >= 4 is 17.6 Å². The summed E-state index contributed by atoms with van der Waals surface area (Å²) in [6.45, 7) is 0.691. The molecule has 0 aromatic heterocycles. The van der Waals surface area contributed by atoms with Gasteiger partial charge < -0.3 is 15.4 Å². The summed E-state index contributed by atoms with van der Waals surface area (Å²) in [5.41, 5.74) is -6.45. The average Bonchev–Trinajstić information content (AvgIpc) is 2.66. The van der Waals surface area contributed by atoms with Crippen LogP contribution in [0.5, 0.6) is 0 Å². The number of alkyl halides is 6. The number of anilines is 1. The molecule has 1 atom stereocenters. The lowest BCUT2D eigenvalue weighted by Crippen LogP contribution is -2.69. The molecule has 2 N–H and O–H groups in total. The van der Waals surface area contributed by atoms with Gasteiger partial charge in [0.05, 0.1) is 17.7 Å². The molecule has 2 rings (SSSR count). The second-order valence-corrected chi connectivity index (χ2v) is 6.10. The first-order valence-corrected chi connectivity index (χ1v) is 8.58. The van der Waals surface area contributed by atoms with Gasteiger partial charge in [-0.1, -0.05) is 12.1 Å². The smallest absolute Gasteiger partial charge is 0.441 e. The number of esters is 1. The normalized spacial score (nSPS) is 13.8. The number of carbonyl (C=O) groups excluding carboxylic acids is 2. The van der Waals surface area contributed by atoms with Gasteiger partial charge in [-0.25, -0.2) is 9.18 Å². The second kappa shape index (κ2) is 8.82. The maximum Gasteiger partial charge on any atom is 0.441 e. The van der Waals surface area contributed by atoms with E-state index in [2.05, 4.69) is 4.74 Å². The van der Waals surface area contributed by atoms with E-state index in [1.807, 2.05) is 0 Å². The Morgan fingerprint density at radius 2 is 1.52 bits per heavy atom. The molecule has 0 aliphatic rings. The van der Waals surface area contributed by atoms with Crippen molar-refractivity contribution < 1.29 is 45.1 Å². The maximum atomic E-state index is 14.0. The highest BCUT2D eigenvalue weighted by Gasteiger charge is 2.63. The van der Waals surface area contributed by atoms with E-state index < -0.39 is 59.1 Å². The van der Waals surface area contributed by atoms with Crippen molar-refractivity contribution in [3.8, 4) is 0 Å². The molecule has 0 bridgehead atoms. The monoisotopic (exact) mass is 452 g/mol. The minimum absolute atomic E-state index is 0.479. The SMILES string of the molecule is CCOC(=O)C(NC(=O)c1ccccc1F)(Nc1ccc(C(F)(F)F)cc1)C(F)(F)F. The zero-order chi connectivity index (χ0) is 23.4. The summed E-state index contributed by atoms with van der Waals surface area (Å²) in [5, 5.41) is 3.09. The molecule has 0 aliphatic carbocycles. The zero-order valence-corrected chi connectivity index (χ0v) is 15.7. The lowest BCUT2D eigenvalue weighted by Gasteiger charge is -2.35. The fourth-order valence-electron chi connectivity index (χ4n) is 2.47. The molecule has 0 aliphatic heterocycles. The van der Waals surface area contributed by atoms with Crippen LogP contribution < -0.4 is 10.6 Å². The van der Waals surface area contributed by atoms with E-state index in [1.165, 1.54) is 24.4 Å². The number of rotatable bonds is 6. The lowest BCUT2D eigenvalue weighted by atomic mass is 10.1. The molecule has 2 aromatic rings. The molecular weight excluding hydrogens is 437 g/mol. The summed E-state index contributed by atoms with van der Waals surface area (Å²) in [6, 6.07) is 6.30. The summed E-state index contributed by atoms with van der Waals surface area (Å²) in [6.07, 6.45) is -10.3. The van der Waals surface area contributed by atoms with Gasteiger partial charge >= 0.3 is 24.0 Å². The molecule has 31 heavy (non-hydrogen) atoms. The largest absolute Gasteiger partial charge is 0.463 e. The molecule has 168 valence electrons. The van der Waals surface area contributed by atoms with Gasteiger partial charge in [0.25, 0.3) is 5.91 Å². The van der Waals surface area contributed by atoms with Crippen LogP contribution in [0.1, 0.15) is 22.8 Å². The Bertz CT molecular complexity index is 943. The highest BCUT2D eigenvalue weighted by molar-refractivity contribution is 5.99. The van der Waals surface area contributed by atoms with Crippen LogP contribution >= 0.6 is 0 Å². The van der Waals surface area contributed by atoms with Crippen LogP contribution in [0, 0.1) is 5.82 Å². The van der Waals surface area contributed by atoms with E-state index in [4.69, 9.17) is 0 Å². The van der Waals surface area contributed by atoms with Gasteiger partial charge in [-0.05, 0) is 43.3 Å². The first-order chi connectivity index (χ1) is 14.3. The van der Waals surface area contributed by atoms with E-state index in [1.54, 1.807) is 5.32 Å². The van der Waals surface area contributed by atoms with E-state index in [-0.39, 0.29) is 0 Å². The summed E-state index contributed by atoms with van der Waals surface area (Å²) < 4.78 is 98.5. The molecule has 0 fully saturated rings. The Labute approximate surface area is 171 Å². The standard InChI is InChI=1S/C19H15F7N2O3/c1-2-31-16(30)17(19(24,25)26,28-15(29)13-5-3-4-6-14(13)20)27-12-9-7-11(8-10-12)18(21,22)23/h3-10,27H,2H2,1H3,(H,28,29). The molecule has 5 nitrogen and oxygen atoms in total. The van der Waals surface area contributed by atoms with Gasteiger partial charge in [-0.2, -0.15) is 26.3 Å². The summed E-state index contributed by atoms with van der Waals surface area (Å²) in [4.78, 5) is 24.7. The first kappa shape index (κ1) is 24.0. The minimum Gasteiger partial charge on any atom is -0.463 e. The highest BCUT2D eigenvalue weighted by atomic mass is 19.4. The molecule has 1 amide bonds. The average molecular weight is 452 g/mol. The van der Waals surface area contributed by atoms with Crippen molar-refractivity contribution in [2.45, 2.75) is 24.9 Å². The quantitative estimate of drug-likeness (QED) is 0.385. The van der Waals surface area contributed by atoms with Crippen LogP contribution in [0.15, 0.2) is 48.5 Å². The number of ether oxygens (including phenoxy) is 1. The predicted molar refractivity (Wildman–Crippen MR) is 94.4 cm³/mol. The van der Waals surface area contributed by atoms with Gasteiger partial charge in [0, 0.05) is 5.69 Å². The summed E-state index contributed by atoms with van der Waals surface area (Å²) >= 11 is 0. The Morgan fingerprint density at radius 3 is 2.00 bits per heavy atom. The van der Waals surface area contributed by atoms with E-state index in [0.29, 0.717) is 24.3 Å². The maximum absolute atomic E-state index is 14.0. The first-order valence-electron chi connectivity index (χ1n) is 8.58. The number of benzene rings is 2. The van der Waals surface area contributed by atoms with E-state index >= 15 is 0 Å². The van der Waals surface area contributed by atoms with Gasteiger partial charge in [0.15, 0.2) is 0 Å². The third-order valence-corrected chi connectivity index (χ3v) is 3.97. The van der Waals surface area contributed by atoms with Crippen molar-refractivity contribution in [3.63, 3.8) is 0 Å². The Hall–Kier alpha value is -3.31. The third-order valence-electron chi connectivity index (χ3n) is 3.97. The molecule has 12 heteroatoms. The van der Waals surface area contributed by atoms with E-state index in [0.717, 1.165) is 12.1 Å². The van der Waals surface area contributed by atoms with Gasteiger partial charge in [-0.15, -0.1) is 0 Å². The van der Waals surface area contributed by atoms with Crippen LogP contribution in [0.25, 0.3) is 0 Å². The number of amides is 1. The second-order valence-electron chi connectivity index (χ2n) is 6.10. The number of nitrogens with one attached hydrogen (secondary N) is 2. The fourth-order valence-corrected chi connectivity index (χ4v) is 2.47. The third kappa shape index (κ3) is 5.25. The van der Waals surface area contributed by atoms with E-state index in [9.17, 15) is 40.3 Å². The van der Waals surface area contributed by atoms with Crippen molar-refractivity contribution in [2.24, 2.45) is 0 Å². The Kier molecular flexibility index (Phi) is 6.82. The molecular formula is C19H15F7N2O3. The Morgan fingerprint density at radius 1 is 0.935 bits per heavy atom. The fraction of sp³-hybridized carbons (Fsp3) is 0.263. The van der Waals surface area contributed by atoms with Crippen molar-refractivity contribution in [3.05, 3.63) is 65.5 Å². The Balaban J connectivity index is 2.52. The number of carbonyl (C=O) groups is 2. The van der Waals surface area contributed by atoms with Crippen LogP contribution in [0.4, 0.5) is 36.4 Å². The summed E-state index contributed by atoms with van der Waals surface area (Å²) in [5.74, 6) is -4.76. The molecule has 2 aromatic carbocycles.